The molecule has 6 nitrogen and oxygen atoms in total. The van der Waals surface area contributed by atoms with E-state index in [9.17, 15) is 14.4 Å². The van der Waals surface area contributed by atoms with Crippen LogP contribution in [0.15, 0.2) is 64.6 Å². The number of amides is 4. The van der Waals surface area contributed by atoms with Gasteiger partial charge in [0, 0.05) is 10.6 Å². The molecule has 4 rings (SSSR count). The monoisotopic (exact) mass is 420 g/mol. The Labute approximate surface area is 177 Å². The standard InChI is InChI=1S/C23H17ClN2O4/c1-13-8-14(2)10-17(9-13)26-22(28)19(21(27)25-23(26)29)12-18-6-7-20(30-18)15-4-3-5-16(24)11-15/h3-12H,1-2H3,(H,25,27,29). The minimum Gasteiger partial charge on any atom is -0.457 e. The van der Waals surface area contributed by atoms with Gasteiger partial charge in [0.1, 0.15) is 17.1 Å². The number of nitrogens with one attached hydrogen (secondary N) is 1. The van der Waals surface area contributed by atoms with Gasteiger partial charge in [-0.25, -0.2) is 9.69 Å². The second-order valence-corrected chi connectivity index (χ2v) is 7.45. The number of carbonyl (C=O) groups is 3. The summed E-state index contributed by atoms with van der Waals surface area (Å²) in [6, 6.07) is 15.0. The van der Waals surface area contributed by atoms with Gasteiger partial charge in [-0.2, -0.15) is 0 Å². The minimum atomic E-state index is -0.786. The molecule has 2 heterocycles. The zero-order valence-corrected chi connectivity index (χ0v) is 17.0. The summed E-state index contributed by atoms with van der Waals surface area (Å²) in [7, 11) is 0. The van der Waals surface area contributed by atoms with Crippen molar-refractivity contribution in [3.63, 3.8) is 0 Å². The lowest BCUT2D eigenvalue weighted by atomic mass is 10.1. The summed E-state index contributed by atoms with van der Waals surface area (Å²) >= 11 is 6.02. The van der Waals surface area contributed by atoms with E-state index in [0.29, 0.717) is 22.2 Å². The van der Waals surface area contributed by atoms with Crippen LogP contribution in [0.3, 0.4) is 0 Å². The van der Waals surface area contributed by atoms with E-state index in [1.807, 2.05) is 26.0 Å². The number of aryl methyl sites for hydroxylation is 2. The van der Waals surface area contributed by atoms with Crippen molar-refractivity contribution < 1.29 is 18.8 Å². The summed E-state index contributed by atoms with van der Waals surface area (Å²) in [6.45, 7) is 3.73. The predicted molar refractivity (Wildman–Crippen MR) is 114 cm³/mol. The highest BCUT2D eigenvalue weighted by Crippen LogP contribution is 2.28. The largest absolute Gasteiger partial charge is 0.457 e. The van der Waals surface area contributed by atoms with Gasteiger partial charge in [0.15, 0.2) is 0 Å². The molecule has 1 aliphatic rings. The van der Waals surface area contributed by atoms with Crippen LogP contribution in [0.1, 0.15) is 16.9 Å². The van der Waals surface area contributed by atoms with E-state index in [1.165, 1.54) is 6.08 Å². The van der Waals surface area contributed by atoms with Crippen molar-refractivity contribution in [2.45, 2.75) is 13.8 Å². The summed E-state index contributed by atoms with van der Waals surface area (Å²) in [5.41, 5.74) is 2.75. The van der Waals surface area contributed by atoms with Gasteiger partial charge >= 0.3 is 6.03 Å². The molecule has 1 aromatic heterocycles. The SMILES string of the molecule is Cc1cc(C)cc(N2C(=O)NC(=O)C(=Cc3ccc(-c4cccc(Cl)c4)o3)C2=O)c1. The average Bonchev–Trinajstić information content (AvgIpc) is 3.13. The van der Waals surface area contributed by atoms with Gasteiger partial charge in [-0.3, -0.25) is 14.9 Å². The Morgan fingerprint density at radius 2 is 1.70 bits per heavy atom. The molecule has 30 heavy (non-hydrogen) atoms. The maximum atomic E-state index is 13.0. The molecule has 3 aromatic rings. The van der Waals surface area contributed by atoms with Gasteiger partial charge in [-0.15, -0.1) is 0 Å². The Balaban J connectivity index is 1.69. The number of barbiturate groups is 1. The van der Waals surface area contributed by atoms with Crippen molar-refractivity contribution in [2.24, 2.45) is 0 Å². The Bertz CT molecular complexity index is 1210. The lowest BCUT2D eigenvalue weighted by molar-refractivity contribution is -0.122. The summed E-state index contributed by atoms with van der Waals surface area (Å²) in [6.07, 6.45) is 1.33. The fourth-order valence-electron chi connectivity index (χ4n) is 3.34. The van der Waals surface area contributed by atoms with Gasteiger partial charge < -0.3 is 4.42 Å². The van der Waals surface area contributed by atoms with Crippen LogP contribution in [0.4, 0.5) is 10.5 Å². The molecular formula is C23H17ClN2O4. The van der Waals surface area contributed by atoms with E-state index in [4.69, 9.17) is 16.0 Å². The predicted octanol–water partition coefficient (Wildman–Crippen LogP) is 4.88. The number of hydrogen-bond donors (Lipinski definition) is 1. The Kier molecular flexibility index (Phi) is 5.01. The van der Waals surface area contributed by atoms with E-state index in [1.54, 1.807) is 42.5 Å². The maximum Gasteiger partial charge on any atom is 0.335 e. The number of rotatable bonds is 3. The van der Waals surface area contributed by atoms with Crippen LogP contribution >= 0.6 is 11.6 Å². The highest BCUT2D eigenvalue weighted by Gasteiger charge is 2.37. The third kappa shape index (κ3) is 3.77. The second-order valence-electron chi connectivity index (χ2n) is 7.02. The first-order chi connectivity index (χ1) is 14.3. The van der Waals surface area contributed by atoms with Crippen LogP contribution in [0.25, 0.3) is 17.4 Å². The van der Waals surface area contributed by atoms with Crippen molar-refractivity contribution in [1.82, 2.24) is 5.32 Å². The number of furan rings is 1. The van der Waals surface area contributed by atoms with Crippen molar-refractivity contribution in [2.75, 3.05) is 4.90 Å². The molecule has 1 fully saturated rings. The van der Waals surface area contributed by atoms with Crippen molar-refractivity contribution in [1.29, 1.82) is 0 Å². The van der Waals surface area contributed by atoms with E-state index in [0.717, 1.165) is 21.6 Å². The van der Waals surface area contributed by atoms with Crippen LogP contribution in [0, 0.1) is 13.8 Å². The summed E-state index contributed by atoms with van der Waals surface area (Å²) < 4.78 is 5.76. The van der Waals surface area contributed by atoms with E-state index in [2.05, 4.69) is 5.32 Å². The summed E-state index contributed by atoms with van der Waals surface area (Å²) in [5.74, 6) is -0.644. The molecule has 150 valence electrons. The molecule has 1 aliphatic heterocycles. The number of nitrogens with zero attached hydrogens (tertiary/aromatic N) is 1. The molecule has 7 heteroatoms. The number of urea groups is 1. The number of carbonyl (C=O) groups excluding carboxylic acids is 3. The molecule has 0 unspecified atom stereocenters. The van der Waals surface area contributed by atoms with E-state index >= 15 is 0 Å². The van der Waals surface area contributed by atoms with Crippen LogP contribution < -0.4 is 10.2 Å². The minimum absolute atomic E-state index is 0.194. The lowest BCUT2D eigenvalue weighted by Gasteiger charge is -2.26. The zero-order chi connectivity index (χ0) is 21.4. The van der Waals surface area contributed by atoms with Crippen LogP contribution in [-0.4, -0.2) is 17.8 Å². The first-order valence-electron chi connectivity index (χ1n) is 9.17. The maximum absolute atomic E-state index is 13.0. The molecule has 1 saturated heterocycles. The summed E-state index contributed by atoms with van der Waals surface area (Å²) in [5, 5.41) is 2.78. The third-order valence-electron chi connectivity index (χ3n) is 4.59. The molecular weight excluding hydrogens is 404 g/mol. The third-order valence-corrected chi connectivity index (χ3v) is 4.82. The van der Waals surface area contributed by atoms with Crippen LogP contribution in [0.5, 0.6) is 0 Å². The van der Waals surface area contributed by atoms with Crippen LogP contribution in [0.2, 0.25) is 5.02 Å². The molecule has 0 bridgehead atoms. The van der Waals surface area contributed by atoms with Gasteiger partial charge in [-0.1, -0.05) is 29.8 Å². The van der Waals surface area contributed by atoms with Gasteiger partial charge in [-0.05, 0) is 67.4 Å². The van der Waals surface area contributed by atoms with Gasteiger partial charge in [0.05, 0.1) is 5.69 Å². The first kappa shape index (κ1) is 19.7. The fraction of sp³-hybridized carbons (Fsp3) is 0.0870. The Hall–Kier alpha value is -3.64. The van der Waals surface area contributed by atoms with Crippen LogP contribution in [-0.2, 0) is 9.59 Å². The summed E-state index contributed by atoms with van der Waals surface area (Å²) in [4.78, 5) is 38.7. The lowest BCUT2D eigenvalue weighted by Crippen LogP contribution is -2.54. The number of hydrogen-bond acceptors (Lipinski definition) is 4. The Morgan fingerprint density at radius 1 is 0.967 bits per heavy atom. The molecule has 1 N–H and O–H groups in total. The van der Waals surface area contributed by atoms with Crippen molar-refractivity contribution in [3.05, 3.63) is 82.1 Å². The molecule has 0 spiro atoms. The first-order valence-corrected chi connectivity index (χ1v) is 9.55. The van der Waals surface area contributed by atoms with E-state index < -0.39 is 17.8 Å². The average molecular weight is 421 g/mol. The normalized spacial score (nSPS) is 15.6. The molecule has 4 amide bonds. The molecule has 0 saturated carbocycles. The Morgan fingerprint density at radius 3 is 2.40 bits per heavy atom. The van der Waals surface area contributed by atoms with Gasteiger partial charge in [0.25, 0.3) is 11.8 Å². The van der Waals surface area contributed by atoms with Crippen molar-refractivity contribution >= 4 is 41.2 Å². The quantitative estimate of drug-likeness (QED) is 0.483. The fourth-order valence-corrected chi connectivity index (χ4v) is 3.53. The van der Waals surface area contributed by atoms with E-state index in [-0.39, 0.29) is 5.57 Å². The highest BCUT2D eigenvalue weighted by atomic mass is 35.5. The second kappa shape index (κ2) is 7.65. The number of anilines is 1. The van der Waals surface area contributed by atoms with Gasteiger partial charge in [0.2, 0.25) is 0 Å². The smallest absolute Gasteiger partial charge is 0.335 e. The number of imide groups is 2. The number of benzene rings is 2. The highest BCUT2D eigenvalue weighted by molar-refractivity contribution is 6.39. The number of halogens is 1. The molecule has 0 radical (unpaired) electrons. The topological polar surface area (TPSA) is 79.6 Å². The molecule has 2 aromatic carbocycles. The van der Waals surface area contributed by atoms with Crippen molar-refractivity contribution in [3.8, 4) is 11.3 Å². The molecule has 0 atom stereocenters. The molecule has 0 aliphatic carbocycles. The zero-order valence-electron chi connectivity index (χ0n) is 16.2.